The van der Waals surface area contributed by atoms with E-state index in [9.17, 15) is 4.79 Å². The number of aryl methyl sites for hydroxylation is 1. The highest BCUT2D eigenvalue weighted by atomic mass is 32.2. The molecule has 1 rings (SSSR count). The van der Waals surface area contributed by atoms with E-state index in [1.165, 1.54) is 0 Å². The molecule has 0 amide bonds. The van der Waals surface area contributed by atoms with Crippen molar-refractivity contribution >= 4 is 17.7 Å². The molecule has 0 saturated heterocycles. The van der Waals surface area contributed by atoms with Gasteiger partial charge in [0.25, 0.3) is 0 Å². The van der Waals surface area contributed by atoms with Crippen LogP contribution in [0.3, 0.4) is 0 Å². The van der Waals surface area contributed by atoms with Crippen LogP contribution < -0.4 is 5.32 Å². The maximum absolute atomic E-state index is 10.7. The second-order valence-corrected chi connectivity index (χ2v) is 5.05. The van der Waals surface area contributed by atoms with E-state index in [4.69, 9.17) is 9.52 Å². The minimum Gasteiger partial charge on any atom is -0.475 e. The number of carboxylic acids is 1. The van der Waals surface area contributed by atoms with E-state index in [0.29, 0.717) is 18.3 Å². The maximum atomic E-state index is 10.7. The Balaban J connectivity index is 2.48. The summed E-state index contributed by atoms with van der Waals surface area (Å²) >= 11 is 1.83. The Labute approximate surface area is 106 Å². The lowest BCUT2D eigenvalue weighted by atomic mass is 10.2. The Kier molecular flexibility index (Phi) is 5.58. The molecule has 1 unspecified atom stereocenters. The maximum Gasteiger partial charge on any atom is 0.371 e. The van der Waals surface area contributed by atoms with E-state index in [1.807, 2.05) is 11.8 Å². The van der Waals surface area contributed by atoms with Crippen molar-refractivity contribution in [1.82, 2.24) is 5.32 Å². The molecule has 0 radical (unpaired) electrons. The molecule has 5 heteroatoms. The SMILES string of the molecule is CSCCC(C)NCc1cc(C(=O)O)oc1C. The number of furan rings is 1. The molecule has 0 aromatic carbocycles. The number of hydrogen-bond donors (Lipinski definition) is 2. The van der Waals surface area contributed by atoms with Crippen LogP contribution in [0.2, 0.25) is 0 Å². The largest absolute Gasteiger partial charge is 0.475 e. The number of carbonyl (C=O) groups is 1. The van der Waals surface area contributed by atoms with Gasteiger partial charge in [-0.05, 0) is 38.3 Å². The third-order valence-corrected chi connectivity index (χ3v) is 3.27. The Morgan fingerprint density at radius 2 is 2.35 bits per heavy atom. The van der Waals surface area contributed by atoms with Gasteiger partial charge in [-0.25, -0.2) is 4.79 Å². The zero-order valence-electron chi connectivity index (χ0n) is 10.4. The fourth-order valence-corrected chi connectivity index (χ4v) is 2.07. The Morgan fingerprint density at radius 3 is 2.88 bits per heavy atom. The van der Waals surface area contributed by atoms with Gasteiger partial charge in [-0.2, -0.15) is 11.8 Å². The van der Waals surface area contributed by atoms with E-state index in [1.54, 1.807) is 13.0 Å². The molecule has 4 nitrogen and oxygen atoms in total. The van der Waals surface area contributed by atoms with Gasteiger partial charge in [0.2, 0.25) is 5.76 Å². The molecule has 17 heavy (non-hydrogen) atoms. The summed E-state index contributed by atoms with van der Waals surface area (Å²) in [5.41, 5.74) is 0.915. The molecule has 1 heterocycles. The number of hydrogen-bond acceptors (Lipinski definition) is 4. The van der Waals surface area contributed by atoms with E-state index >= 15 is 0 Å². The highest BCUT2D eigenvalue weighted by Gasteiger charge is 2.13. The standard InChI is InChI=1S/C12H19NO3S/c1-8(4-5-17-3)13-7-10-6-11(12(14)15)16-9(10)2/h6,8,13H,4-5,7H2,1-3H3,(H,14,15). The molecule has 0 spiro atoms. The van der Waals surface area contributed by atoms with Crippen molar-refractivity contribution in [2.75, 3.05) is 12.0 Å². The predicted molar refractivity (Wildman–Crippen MR) is 69.7 cm³/mol. The first kappa shape index (κ1) is 14.1. The number of nitrogens with one attached hydrogen (secondary N) is 1. The number of thioether (sulfide) groups is 1. The second-order valence-electron chi connectivity index (χ2n) is 4.06. The Hall–Kier alpha value is -0.940. The summed E-state index contributed by atoms with van der Waals surface area (Å²) in [5.74, 6) is 0.789. The minimum atomic E-state index is -1.02. The van der Waals surface area contributed by atoms with Gasteiger partial charge in [0.05, 0.1) is 0 Å². The Bertz CT molecular complexity index is 376. The Morgan fingerprint density at radius 1 is 1.65 bits per heavy atom. The molecular weight excluding hydrogens is 238 g/mol. The molecule has 0 saturated carbocycles. The van der Waals surface area contributed by atoms with Crippen molar-refractivity contribution in [3.8, 4) is 0 Å². The molecule has 0 aliphatic rings. The van der Waals surface area contributed by atoms with Crippen LogP contribution in [0.5, 0.6) is 0 Å². The summed E-state index contributed by atoms with van der Waals surface area (Å²) in [6, 6.07) is 2.01. The zero-order chi connectivity index (χ0) is 12.8. The molecule has 0 fully saturated rings. The summed E-state index contributed by atoms with van der Waals surface area (Å²) in [5, 5.41) is 12.2. The number of rotatable bonds is 7. The van der Waals surface area contributed by atoms with Gasteiger partial charge in [0.15, 0.2) is 0 Å². The smallest absolute Gasteiger partial charge is 0.371 e. The van der Waals surface area contributed by atoms with Crippen LogP contribution in [-0.4, -0.2) is 29.1 Å². The van der Waals surface area contributed by atoms with E-state index < -0.39 is 5.97 Å². The van der Waals surface area contributed by atoms with Gasteiger partial charge >= 0.3 is 5.97 Å². The quantitative estimate of drug-likeness (QED) is 0.786. The molecule has 1 atom stereocenters. The zero-order valence-corrected chi connectivity index (χ0v) is 11.3. The molecule has 0 aliphatic carbocycles. The summed E-state index contributed by atoms with van der Waals surface area (Å²) in [6.45, 7) is 4.57. The van der Waals surface area contributed by atoms with E-state index in [0.717, 1.165) is 17.7 Å². The van der Waals surface area contributed by atoms with E-state index in [2.05, 4.69) is 18.5 Å². The third kappa shape index (κ3) is 4.44. The van der Waals surface area contributed by atoms with Gasteiger partial charge in [-0.1, -0.05) is 0 Å². The van der Waals surface area contributed by atoms with Gasteiger partial charge in [0, 0.05) is 18.2 Å². The predicted octanol–water partition coefficient (Wildman–Crippen LogP) is 2.52. The summed E-state index contributed by atoms with van der Waals surface area (Å²) in [6.07, 6.45) is 3.19. The molecule has 1 aromatic rings. The van der Waals surface area contributed by atoms with Crippen LogP contribution >= 0.6 is 11.8 Å². The van der Waals surface area contributed by atoms with Crippen LogP contribution in [0.15, 0.2) is 10.5 Å². The van der Waals surface area contributed by atoms with Crippen molar-refractivity contribution in [1.29, 1.82) is 0 Å². The number of aromatic carboxylic acids is 1. The first-order chi connectivity index (χ1) is 8.04. The van der Waals surface area contributed by atoms with Crippen molar-refractivity contribution in [2.45, 2.75) is 32.9 Å². The highest BCUT2D eigenvalue weighted by Crippen LogP contribution is 2.14. The summed E-state index contributed by atoms with van der Waals surface area (Å²) in [7, 11) is 0. The highest BCUT2D eigenvalue weighted by molar-refractivity contribution is 7.98. The van der Waals surface area contributed by atoms with Gasteiger partial charge in [-0.15, -0.1) is 0 Å². The summed E-state index contributed by atoms with van der Waals surface area (Å²) in [4.78, 5) is 10.7. The lowest BCUT2D eigenvalue weighted by Gasteiger charge is -2.12. The molecule has 2 N–H and O–H groups in total. The molecule has 0 bridgehead atoms. The van der Waals surface area contributed by atoms with Gasteiger partial charge in [-0.3, -0.25) is 0 Å². The lowest BCUT2D eigenvalue weighted by molar-refractivity contribution is 0.0661. The van der Waals surface area contributed by atoms with Crippen molar-refractivity contribution in [2.24, 2.45) is 0 Å². The monoisotopic (exact) mass is 257 g/mol. The summed E-state index contributed by atoms with van der Waals surface area (Å²) < 4.78 is 5.15. The van der Waals surface area contributed by atoms with Gasteiger partial charge in [0.1, 0.15) is 5.76 Å². The first-order valence-corrected chi connectivity index (χ1v) is 6.99. The lowest BCUT2D eigenvalue weighted by Crippen LogP contribution is -2.26. The first-order valence-electron chi connectivity index (χ1n) is 5.59. The molecule has 1 aromatic heterocycles. The van der Waals surface area contributed by atoms with Crippen LogP contribution in [-0.2, 0) is 6.54 Å². The fourth-order valence-electron chi connectivity index (χ4n) is 1.48. The van der Waals surface area contributed by atoms with Crippen LogP contribution in [0.1, 0.15) is 35.2 Å². The van der Waals surface area contributed by atoms with E-state index in [-0.39, 0.29) is 5.76 Å². The normalized spacial score (nSPS) is 12.6. The molecule has 0 aliphatic heterocycles. The average Bonchev–Trinajstić information content (AvgIpc) is 2.65. The third-order valence-electron chi connectivity index (χ3n) is 2.63. The number of carboxylic acid groups (broad SMARTS) is 1. The average molecular weight is 257 g/mol. The minimum absolute atomic E-state index is 0.0102. The van der Waals surface area contributed by atoms with Crippen molar-refractivity contribution in [3.63, 3.8) is 0 Å². The van der Waals surface area contributed by atoms with Crippen molar-refractivity contribution in [3.05, 3.63) is 23.2 Å². The van der Waals surface area contributed by atoms with Gasteiger partial charge < -0.3 is 14.8 Å². The van der Waals surface area contributed by atoms with Crippen LogP contribution in [0, 0.1) is 6.92 Å². The van der Waals surface area contributed by atoms with Crippen molar-refractivity contribution < 1.29 is 14.3 Å². The molecular formula is C12H19NO3S. The fraction of sp³-hybridized carbons (Fsp3) is 0.583. The van der Waals surface area contributed by atoms with Crippen LogP contribution in [0.25, 0.3) is 0 Å². The van der Waals surface area contributed by atoms with Crippen LogP contribution in [0.4, 0.5) is 0 Å². The second kappa shape index (κ2) is 6.71. The topological polar surface area (TPSA) is 62.5 Å². The molecule has 96 valence electrons.